The predicted molar refractivity (Wildman–Crippen MR) is 74.2 cm³/mol. The van der Waals surface area contributed by atoms with Gasteiger partial charge in [0, 0.05) is 6.04 Å². The molecule has 3 unspecified atom stereocenters. The molecular weight excluding hydrogens is 225 g/mol. The molecule has 1 aliphatic rings. The normalized spacial score (nSPS) is 25.3. The Morgan fingerprint density at radius 2 is 2.00 bits per heavy atom. The summed E-state index contributed by atoms with van der Waals surface area (Å²) in [5.41, 5.74) is 1.32. The third-order valence-corrected chi connectivity index (χ3v) is 4.35. The molecule has 1 aromatic rings. The second-order valence-electron chi connectivity index (χ2n) is 5.44. The van der Waals surface area contributed by atoms with Crippen molar-refractivity contribution in [2.24, 2.45) is 5.92 Å². The highest BCUT2D eigenvalue weighted by atomic mass is 19.1. The largest absolute Gasteiger partial charge is 0.317 e. The van der Waals surface area contributed by atoms with Crippen molar-refractivity contribution in [3.05, 3.63) is 35.6 Å². The summed E-state index contributed by atoms with van der Waals surface area (Å²) >= 11 is 0. The zero-order valence-electron chi connectivity index (χ0n) is 11.5. The molecule has 100 valence electrons. The number of nitrogens with one attached hydrogen (secondary N) is 1. The summed E-state index contributed by atoms with van der Waals surface area (Å²) < 4.78 is 13.0. The summed E-state index contributed by atoms with van der Waals surface area (Å²) in [7, 11) is 2.07. The van der Waals surface area contributed by atoms with Crippen molar-refractivity contribution < 1.29 is 4.39 Å². The van der Waals surface area contributed by atoms with Crippen molar-refractivity contribution >= 4 is 0 Å². The maximum absolute atomic E-state index is 13.0. The molecule has 0 radical (unpaired) electrons. The van der Waals surface area contributed by atoms with E-state index in [1.807, 2.05) is 12.1 Å². The third kappa shape index (κ3) is 2.92. The Balaban J connectivity index is 2.13. The van der Waals surface area contributed by atoms with Crippen LogP contribution in [0.3, 0.4) is 0 Å². The third-order valence-electron chi connectivity index (χ3n) is 4.35. The van der Waals surface area contributed by atoms with Gasteiger partial charge in [0.15, 0.2) is 0 Å². The van der Waals surface area contributed by atoms with Crippen molar-refractivity contribution in [3.8, 4) is 0 Å². The summed E-state index contributed by atoms with van der Waals surface area (Å²) in [4.78, 5) is 0. The minimum Gasteiger partial charge on any atom is -0.317 e. The van der Waals surface area contributed by atoms with Crippen molar-refractivity contribution in [2.45, 2.75) is 51.0 Å². The van der Waals surface area contributed by atoms with Crippen LogP contribution in [-0.4, -0.2) is 13.1 Å². The van der Waals surface area contributed by atoms with Crippen molar-refractivity contribution in [3.63, 3.8) is 0 Å². The molecule has 1 N–H and O–H groups in total. The SMILES string of the molecule is CCCC(NC)C1CCCC1c1ccc(F)cc1. The monoisotopic (exact) mass is 249 g/mol. The van der Waals surface area contributed by atoms with Crippen LogP contribution >= 0.6 is 0 Å². The summed E-state index contributed by atoms with van der Waals surface area (Å²) in [6.45, 7) is 2.24. The summed E-state index contributed by atoms with van der Waals surface area (Å²) in [6.07, 6.45) is 6.30. The predicted octanol–water partition coefficient (Wildman–Crippen LogP) is 4.10. The van der Waals surface area contributed by atoms with Gasteiger partial charge >= 0.3 is 0 Å². The number of hydrogen-bond donors (Lipinski definition) is 1. The summed E-state index contributed by atoms with van der Waals surface area (Å²) in [5.74, 6) is 1.18. The molecule has 18 heavy (non-hydrogen) atoms. The lowest BCUT2D eigenvalue weighted by Gasteiger charge is -2.28. The van der Waals surface area contributed by atoms with E-state index in [9.17, 15) is 4.39 Å². The van der Waals surface area contributed by atoms with Gasteiger partial charge in [-0.1, -0.05) is 31.9 Å². The van der Waals surface area contributed by atoms with Crippen LogP contribution in [0.1, 0.15) is 50.5 Å². The van der Waals surface area contributed by atoms with Gasteiger partial charge in [-0.05, 0) is 55.8 Å². The molecule has 0 amide bonds. The molecule has 1 fully saturated rings. The van der Waals surface area contributed by atoms with E-state index in [1.165, 1.54) is 37.7 Å². The van der Waals surface area contributed by atoms with Gasteiger partial charge in [0.25, 0.3) is 0 Å². The zero-order valence-corrected chi connectivity index (χ0v) is 11.5. The molecule has 1 nitrogen and oxygen atoms in total. The van der Waals surface area contributed by atoms with Crippen molar-refractivity contribution in [1.82, 2.24) is 5.32 Å². The van der Waals surface area contributed by atoms with Crippen LogP contribution < -0.4 is 5.32 Å². The maximum atomic E-state index is 13.0. The standard InChI is InChI=1S/C16H24FN/c1-3-5-16(18-2)15-7-4-6-14(15)12-8-10-13(17)11-9-12/h8-11,14-16,18H,3-7H2,1-2H3. The average molecular weight is 249 g/mol. The number of benzene rings is 1. The second-order valence-corrected chi connectivity index (χ2v) is 5.44. The fraction of sp³-hybridized carbons (Fsp3) is 0.625. The van der Waals surface area contributed by atoms with E-state index in [-0.39, 0.29) is 5.82 Å². The van der Waals surface area contributed by atoms with Crippen LogP contribution in [0.5, 0.6) is 0 Å². The molecule has 2 rings (SSSR count). The minimum absolute atomic E-state index is 0.132. The Kier molecular flexibility index (Phi) is 4.76. The van der Waals surface area contributed by atoms with E-state index in [1.54, 1.807) is 12.1 Å². The first-order chi connectivity index (χ1) is 8.76. The molecule has 0 spiro atoms. The zero-order chi connectivity index (χ0) is 13.0. The van der Waals surface area contributed by atoms with Crippen LogP contribution in [0.4, 0.5) is 4.39 Å². The van der Waals surface area contributed by atoms with Crippen LogP contribution in [-0.2, 0) is 0 Å². The molecule has 2 heteroatoms. The molecule has 3 atom stereocenters. The molecular formula is C16H24FN. The summed E-state index contributed by atoms with van der Waals surface area (Å²) in [6, 6.07) is 7.73. The highest BCUT2D eigenvalue weighted by Gasteiger charge is 2.33. The number of rotatable bonds is 5. The lowest BCUT2D eigenvalue weighted by Crippen LogP contribution is -2.34. The van der Waals surface area contributed by atoms with Gasteiger partial charge in [-0.15, -0.1) is 0 Å². The molecule has 0 saturated heterocycles. The average Bonchev–Trinajstić information content (AvgIpc) is 2.86. The first-order valence-electron chi connectivity index (χ1n) is 7.19. The topological polar surface area (TPSA) is 12.0 Å². The van der Waals surface area contributed by atoms with Gasteiger partial charge in [-0.25, -0.2) is 4.39 Å². The van der Waals surface area contributed by atoms with Gasteiger partial charge < -0.3 is 5.32 Å². The van der Waals surface area contributed by atoms with Crippen LogP contribution in [0.15, 0.2) is 24.3 Å². The van der Waals surface area contributed by atoms with Crippen molar-refractivity contribution in [2.75, 3.05) is 7.05 Å². The maximum Gasteiger partial charge on any atom is 0.123 e. The Morgan fingerprint density at radius 1 is 1.28 bits per heavy atom. The van der Waals surface area contributed by atoms with Gasteiger partial charge in [0.05, 0.1) is 0 Å². The molecule has 1 saturated carbocycles. The molecule has 0 aliphatic heterocycles. The number of hydrogen-bond acceptors (Lipinski definition) is 1. The number of halogens is 1. The van der Waals surface area contributed by atoms with E-state index in [4.69, 9.17) is 0 Å². The fourth-order valence-electron chi connectivity index (χ4n) is 3.48. The molecule has 1 aliphatic carbocycles. The fourth-order valence-corrected chi connectivity index (χ4v) is 3.48. The van der Waals surface area contributed by atoms with Gasteiger partial charge in [-0.2, -0.15) is 0 Å². The quantitative estimate of drug-likeness (QED) is 0.828. The van der Waals surface area contributed by atoms with E-state index < -0.39 is 0 Å². The van der Waals surface area contributed by atoms with E-state index in [0.29, 0.717) is 17.9 Å². The summed E-state index contributed by atoms with van der Waals surface area (Å²) in [5, 5.41) is 3.48. The first-order valence-corrected chi connectivity index (χ1v) is 7.19. The first kappa shape index (κ1) is 13.5. The van der Waals surface area contributed by atoms with Crippen LogP contribution in [0.2, 0.25) is 0 Å². The highest BCUT2D eigenvalue weighted by Crippen LogP contribution is 2.42. The lowest BCUT2D eigenvalue weighted by atomic mass is 9.82. The minimum atomic E-state index is -0.132. The van der Waals surface area contributed by atoms with Gasteiger partial charge in [0.1, 0.15) is 5.82 Å². The van der Waals surface area contributed by atoms with Crippen LogP contribution in [0.25, 0.3) is 0 Å². The van der Waals surface area contributed by atoms with E-state index in [2.05, 4.69) is 19.3 Å². The van der Waals surface area contributed by atoms with E-state index in [0.717, 1.165) is 0 Å². The molecule has 0 heterocycles. The van der Waals surface area contributed by atoms with Crippen molar-refractivity contribution in [1.29, 1.82) is 0 Å². The van der Waals surface area contributed by atoms with Gasteiger partial charge in [-0.3, -0.25) is 0 Å². The Hall–Kier alpha value is -0.890. The Morgan fingerprint density at radius 3 is 2.61 bits per heavy atom. The molecule has 1 aromatic carbocycles. The lowest BCUT2D eigenvalue weighted by molar-refractivity contribution is 0.328. The highest BCUT2D eigenvalue weighted by molar-refractivity contribution is 5.23. The van der Waals surface area contributed by atoms with Gasteiger partial charge in [0.2, 0.25) is 0 Å². The van der Waals surface area contributed by atoms with Crippen LogP contribution in [0, 0.1) is 11.7 Å². The smallest absolute Gasteiger partial charge is 0.123 e. The Bertz CT molecular complexity index is 360. The molecule has 0 bridgehead atoms. The van der Waals surface area contributed by atoms with E-state index >= 15 is 0 Å². The molecule has 0 aromatic heterocycles. The second kappa shape index (κ2) is 6.33. The Labute approximate surface area is 110 Å².